The number of carbonyl (C=O) groups excluding carboxylic acids is 1. The Hall–Kier alpha value is -2.24. The first-order valence-corrected chi connectivity index (χ1v) is 8.65. The lowest BCUT2D eigenvalue weighted by atomic mass is 10.2. The van der Waals surface area contributed by atoms with Gasteiger partial charge in [0.15, 0.2) is 6.29 Å². The van der Waals surface area contributed by atoms with Crippen molar-refractivity contribution in [1.82, 2.24) is 0 Å². The van der Waals surface area contributed by atoms with Crippen molar-refractivity contribution < 1.29 is 14.6 Å². The van der Waals surface area contributed by atoms with Crippen molar-refractivity contribution in [2.45, 2.75) is 16.4 Å². The number of benzene rings is 2. The number of phenolic OH excluding ortho intramolecular Hbond substituents is 1. The molecule has 23 heavy (non-hydrogen) atoms. The van der Waals surface area contributed by atoms with Crippen LogP contribution in [0.4, 0.5) is 0 Å². The lowest BCUT2D eigenvalue weighted by Gasteiger charge is -2.07. The number of phenols is 1. The smallest absolute Gasteiger partial charge is 0.161 e. The highest BCUT2D eigenvalue weighted by molar-refractivity contribution is 7.99. The highest BCUT2D eigenvalue weighted by Gasteiger charge is 2.05. The van der Waals surface area contributed by atoms with Gasteiger partial charge >= 0.3 is 0 Å². The fourth-order valence-electron chi connectivity index (χ4n) is 2.02. The first-order chi connectivity index (χ1) is 11.2. The summed E-state index contributed by atoms with van der Waals surface area (Å²) in [5, 5.41) is 11.3. The predicted molar refractivity (Wildman–Crippen MR) is 92.7 cm³/mol. The Morgan fingerprint density at radius 2 is 1.96 bits per heavy atom. The number of ether oxygens (including phenoxy) is 1. The molecule has 0 unspecified atom stereocenters. The number of thiophene rings is 1. The molecule has 3 nitrogen and oxygen atoms in total. The zero-order valence-corrected chi connectivity index (χ0v) is 13.8. The second-order valence-electron chi connectivity index (χ2n) is 4.80. The minimum absolute atomic E-state index is 0.236. The molecule has 0 radical (unpaired) electrons. The summed E-state index contributed by atoms with van der Waals surface area (Å²) in [6.07, 6.45) is 0.889. The summed E-state index contributed by atoms with van der Waals surface area (Å²) in [6.45, 7) is 0.403. The van der Waals surface area contributed by atoms with E-state index in [9.17, 15) is 9.90 Å². The van der Waals surface area contributed by atoms with Gasteiger partial charge in [0.25, 0.3) is 0 Å². The fourth-order valence-corrected chi connectivity index (χ4v) is 3.78. The van der Waals surface area contributed by atoms with E-state index in [1.165, 1.54) is 11.3 Å². The summed E-state index contributed by atoms with van der Waals surface area (Å²) in [4.78, 5) is 13.7. The summed E-state index contributed by atoms with van der Waals surface area (Å²) >= 11 is 3.01. The van der Waals surface area contributed by atoms with Gasteiger partial charge in [0, 0.05) is 9.79 Å². The molecular weight excluding hydrogens is 328 g/mol. The largest absolute Gasteiger partial charge is 0.508 e. The van der Waals surface area contributed by atoms with Crippen molar-refractivity contribution in [3.63, 3.8) is 0 Å². The average molecular weight is 342 g/mol. The monoisotopic (exact) mass is 342 g/mol. The van der Waals surface area contributed by atoms with Gasteiger partial charge in [0.05, 0.1) is 4.88 Å². The van der Waals surface area contributed by atoms with Gasteiger partial charge in [-0.3, -0.25) is 4.79 Å². The van der Waals surface area contributed by atoms with Gasteiger partial charge in [-0.2, -0.15) is 0 Å². The van der Waals surface area contributed by atoms with Gasteiger partial charge in [0.1, 0.15) is 18.1 Å². The van der Waals surface area contributed by atoms with Crippen LogP contribution in [0.25, 0.3) is 0 Å². The average Bonchev–Trinajstić information content (AvgIpc) is 3.01. The highest BCUT2D eigenvalue weighted by atomic mass is 32.2. The van der Waals surface area contributed by atoms with Crippen LogP contribution in [0.3, 0.4) is 0 Å². The van der Waals surface area contributed by atoms with E-state index in [0.29, 0.717) is 6.61 Å². The van der Waals surface area contributed by atoms with Crippen LogP contribution >= 0.6 is 23.1 Å². The van der Waals surface area contributed by atoms with E-state index in [1.54, 1.807) is 30.0 Å². The Morgan fingerprint density at radius 3 is 2.70 bits per heavy atom. The first kappa shape index (κ1) is 15.6. The SMILES string of the molecule is O=Cc1sccc1Sc1ccc(OCc2cccc(O)c2)cc1. The molecule has 1 N–H and O–H groups in total. The predicted octanol–water partition coefficient (Wildman–Crippen LogP) is 5.00. The van der Waals surface area contributed by atoms with Crippen LogP contribution in [-0.4, -0.2) is 11.4 Å². The molecule has 116 valence electrons. The maximum absolute atomic E-state index is 10.9. The molecule has 0 amide bonds. The van der Waals surface area contributed by atoms with Crippen molar-refractivity contribution in [2.24, 2.45) is 0 Å². The lowest BCUT2D eigenvalue weighted by molar-refractivity contribution is 0.112. The minimum Gasteiger partial charge on any atom is -0.508 e. The van der Waals surface area contributed by atoms with E-state index >= 15 is 0 Å². The Balaban J connectivity index is 1.62. The van der Waals surface area contributed by atoms with Crippen LogP contribution in [-0.2, 0) is 6.61 Å². The molecule has 0 saturated carbocycles. The number of rotatable bonds is 6. The van der Waals surface area contributed by atoms with E-state index in [-0.39, 0.29) is 5.75 Å². The number of hydrogen-bond acceptors (Lipinski definition) is 5. The van der Waals surface area contributed by atoms with Gasteiger partial charge in [0.2, 0.25) is 0 Å². The van der Waals surface area contributed by atoms with Crippen LogP contribution in [0, 0.1) is 0 Å². The van der Waals surface area contributed by atoms with Crippen molar-refractivity contribution in [3.05, 3.63) is 70.4 Å². The summed E-state index contributed by atoms with van der Waals surface area (Å²) in [5.41, 5.74) is 0.914. The normalized spacial score (nSPS) is 10.4. The van der Waals surface area contributed by atoms with E-state index in [1.807, 2.05) is 41.8 Å². The van der Waals surface area contributed by atoms with Gasteiger partial charge in [-0.15, -0.1) is 11.3 Å². The lowest BCUT2D eigenvalue weighted by Crippen LogP contribution is -1.94. The van der Waals surface area contributed by atoms with Crippen LogP contribution in [0.2, 0.25) is 0 Å². The van der Waals surface area contributed by atoms with Crippen molar-refractivity contribution in [3.8, 4) is 11.5 Å². The third-order valence-electron chi connectivity index (χ3n) is 3.13. The quantitative estimate of drug-likeness (QED) is 0.641. The Morgan fingerprint density at radius 1 is 1.13 bits per heavy atom. The zero-order valence-electron chi connectivity index (χ0n) is 12.1. The molecule has 0 aliphatic heterocycles. The molecule has 0 bridgehead atoms. The number of aldehydes is 1. The maximum atomic E-state index is 10.9. The van der Waals surface area contributed by atoms with E-state index in [4.69, 9.17) is 4.74 Å². The number of carbonyl (C=O) groups is 1. The molecule has 1 heterocycles. The van der Waals surface area contributed by atoms with Crippen molar-refractivity contribution >= 4 is 29.4 Å². The third-order valence-corrected chi connectivity index (χ3v) is 5.19. The highest BCUT2D eigenvalue weighted by Crippen LogP contribution is 2.33. The Kier molecular flexibility index (Phi) is 5.00. The molecule has 0 atom stereocenters. The molecule has 1 aromatic heterocycles. The van der Waals surface area contributed by atoms with Crippen molar-refractivity contribution in [1.29, 1.82) is 0 Å². The van der Waals surface area contributed by atoms with Gasteiger partial charge < -0.3 is 9.84 Å². The van der Waals surface area contributed by atoms with Crippen LogP contribution in [0.15, 0.2) is 69.8 Å². The molecule has 5 heteroatoms. The molecule has 0 saturated heterocycles. The van der Waals surface area contributed by atoms with Crippen LogP contribution in [0.5, 0.6) is 11.5 Å². The van der Waals surface area contributed by atoms with Gasteiger partial charge in [-0.25, -0.2) is 0 Å². The fraction of sp³-hybridized carbons (Fsp3) is 0.0556. The summed E-state index contributed by atoms with van der Waals surface area (Å²) in [5.74, 6) is 0.998. The third kappa shape index (κ3) is 4.15. The van der Waals surface area contributed by atoms with Crippen LogP contribution < -0.4 is 4.74 Å². The standard InChI is InChI=1S/C18H14O3S2/c19-11-18-17(8-9-22-18)23-16-6-4-15(5-7-16)21-12-13-2-1-3-14(20)10-13/h1-11,20H,12H2. The molecule has 0 aliphatic carbocycles. The minimum atomic E-state index is 0.236. The maximum Gasteiger partial charge on any atom is 0.161 e. The molecule has 3 rings (SSSR count). The van der Waals surface area contributed by atoms with E-state index in [0.717, 1.165) is 32.3 Å². The molecule has 0 aliphatic rings. The molecule has 2 aromatic carbocycles. The van der Waals surface area contributed by atoms with E-state index < -0.39 is 0 Å². The van der Waals surface area contributed by atoms with Gasteiger partial charge in [-0.1, -0.05) is 23.9 Å². The summed E-state index contributed by atoms with van der Waals surface area (Å²) < 4.78 is 5.71. The second kappa shape index (κ2) is 7.35. The summed E-state index contributed by atoms with van der Waals surface area (Å²) in [7, 11) is 0. The van der Waals surface area contributed by atoms with Crippen LogP contribution in [0.1, 0.15) is 15.2 Å². The summed E-state index contributed by atoms with van der Waals surface area (Å²) in [6, 6.07) is 16.7. The van der Waals surface area contributed by atoms with Crippen molar-refractivity contribution in [2.75, 3.05) is 0 Å². The molecule has 0 spiro atoms. The zero-order chi connectivity index (χ0) is 16.1. The van der Waals surface area contributed by atoms with Gasteiger partial charge in [-0.05, 0) is 53.4 Å². The Labute approximate surface area is 142 Å². The number of hydrogen-bond donors (Lipinski definition) is 1. The van der Waals surface area contributed by atoms with E-state index in [2.05, 4.69) is 0 Å². The topological polar surface area (TPSA) is 46.5 Å². The number of aromatic hydroxyl groups is 1. The molecule has 3 aromatic rings. The second-order valence-corrected chi connectivity index (χ2v) is 6.86. The molecular formula is C18H14O3S2. The first-order valence-electron chi connectivity index (χ1n) is 6.96. The Bertz CT molecular complexity index is 794. The molecule has 0 fully saturated rings.